The van der Waals surface area contributed by atoms with Crippen LogP contribution < -0.4 is 0 Å². The molecule has 6 heteroatoms. The van der Waals surface area contributed by atoms with Gasteiger partial charge in [0.1, 0.15) is 5.69 Å². The van der Waals surface area contributed by atoms with Crippen molar-refractivity contribution in [3.63, 3.8) is 0 Å². The lowest BCUT2D eigenvalue weighted by atomic mass is 9.96. The van der Waals surface area contributed by atoms with Crippen LogP contribution >= 0.6 is 0 Å². The molecule has 3 heterocycles. The van der Waals surface area contributed by atoms with Crippen molar-refractivity contribution in [1.82, 2.24) is 14.8 Å². The van der Waals surface area contributed by atoms with E-state index in [9.17, 15) is 9.59 Å². The predicted octanol–water partition coefficient (Wildman–Crippen LogP) is 2.51. The molecule has 2 aliphatic heterocycles. The number of ether oxygens (including phenoxy) is 1. The van der Waals surface area contributed by atoms with Gasteiger partial charge in [0, 0.05) is 30.9 Å². The van der Waals surface area contributed by atoms with Crippen LogP contribution in [-0.4, -0.2) is 65.0 Å². The van der Waals surface area contributed by atoms with Gasteiger partial charge in [0.25, 0.3) is 5.91 Å². The molecule has 1 atom stereocenters. The smallest absolute Gasteiger partial charge is 0.355 e. The molecule has 0 saturated carbocycles. The Kier molecular flexibility index (Phi) is 5.18. The van der Waals surface area contributed by atoms with Crippen LogP contribution in [0.3, 0.4) is 0 Å². The van der Waals surface area contributed by atoms with E-state index in [1.165, 1.54) is 19.3 Å². The van der Waals surface area contributed by atoms with Gasteiger partial charge in [0.05, 0.1) is 12.2 Å². The van der Waals surface area contributed by atoms with Crippen LogP contribution in [0.4, 0.5) is 0 Å². The van der Waals surface area contributed by atoms with Gasteiger partial charge >= 0.3 is 5.97 Å². The quantitative estimate of drug-likeness (QED) is 0.850. The van der Waals surface area contributed by atoms with Crippen molar-refractivity contribution in [2.75, 3.05) is 26.2 Å². The van der Waals surface area contributed by atoms with Gasteiger partial charge in [0.2, 0.25) is 0 Å². The highest BCUT2D eigenvalue weighted by Gasteiger charge is 2.39. The molecule has 0 aromatic carbocycles. The van der Waals surface area contributed by atoms with Crippen LogP contribution in [0.1, 0.15) is 65.2 Å². The number of aromatic nitrogens is 1. The Bertz CT molecular complexity index is 661. The molecular weight excluding hydrogens is 318 g/mol. The first-order valence-corrected chi connectivity index (χ1v) is 9.35. The van der Waals surface area contributed by atoms with Crippen molar-refractivity contribution in [2.45, 2.75) is 59.0 Å². The molecule has 2 fully saturated rings. The monoisotopic (exact) mass is 347 g/mol. The molecule has 25 heavy (non-hydrogen) atoms. The minimum absolute atomic E-state index is 0.0164. The summed E-state index contributed by atoms with van der Waals surface area (Å²) in [6.45, 7) is 10.7. The summed E-state index contributed by atoms with van der Waals surface area (Å²) in [4.78, 5) is 32.4. The molecule has 0 aliphatic carbocycles. The number of piperidine rings is 1. The van der Waals surface area contributed by atoms with E-state index in [0.717, 1.165) is 25.3 Å². The van der Waals surface area contributed by atoms with Crippen LogP contribution in [0.5, 0.6) is 0 Å². The molecule has 1 amide bonds. The summed E-state index contributed by atoms with van der Waals surface area (Å²) in [5.74, 6) is -0.381. The highest BCUT2D eigenvalue weighted by Crippen LogP contribution is 2.27. The molecule has 3 rings (SSSR count). The molecule has 0 spiro atoms. The van der Waals surface area contributed by atoms with Crippen molar-refractivity contribution in [3.8, 4) is 0 Å². The fourth-order valence-corrected chi connectivity index (χ4v) is 4.13. The maximum Gasteiger partial charge on any atom is 0.355 e. The lowest BCUT2D eigenvalue weighted by Crippen LogP contribution is -2.63. The normalized spacial score (nSPS) is 21.9. The number of likely N-dealkylation sites (tertiary alicyclic amines) is 2. The number of nitrogens with one attached hydrogen (secondary N) is 1. The summed E-state index contributed by atoms with van der Waals surface area (Å²) in [7, 11) is 0. The number of esters is 1. The number of hydrogen-bond acceptors (Lipinski definition) is 4. The van der Waals surface area contributed by atoms with E-state index in [1.807, 2.05) is 18.7 Å². The van der Waals surface area contributed by atoms with Gasteiger partial charge in [-0.15, -0.1) is 0 Å². The molecule has 0 radical (unpaired) electrons. The SMILES string of the molecule is CCOC(=O)c1[nH]c(C)c(C(=O)N2CC(N3CCCC[C@H]3C)C2)c1C. The second kappa shape index (κ2) is 7.20. The minimum Gasteiger partial charge on any atom is -0.461 e. The second-order valence-electron chi connectivity index (χ2n) is 7.29. The third-order valence-electron chi connectivity index (χ3n) is 5.60. The minimum atomic E-state index is -0.397. The van der Waals surface area contributed by atoms with Crippen molar-refractivity contribution in [2.24, 2.45) is 0 Å². The van der Waals surface area contributed by atoms with E-state index >= 15 is 0 Å². The predicted molar refractivity (Wildman–Crippen MR) is 95.9 cm³/mol. The number of carbonyl (C=O) groups is 2. The number of nitrogens with zero attached hydrogens (tertiary/aromatic N) is 2. The summed E-state index contributed by atoms with van der Waals surface area (Å²) in [5.41, 5.74) is 2.44. The summed E-state index contributed by atoms with van der Waals surface area (Å²) in [6.07, 6.45) is 3.82. The number of aryl methyl sites for hydroxylation is 1. The van der Waals surface area contributed by atoms with Gasteiger partial charge in [-0.2, -0.15) is 0 Å². The standard InChI is InChI=1S/C19H29N3O3/c1-5-25-19(24)17-13(3)16(14(4)20-17)18(23)21-10-15(11-21)22-9-7-6-8-12(22)2/h12,15,20H,5-11H2,1-4H3/t12-/m1/s1. The maximum atomic E-state index is 12.9. The molecule has 1 aromatic rings. The average molecular weight is 347 g/mol. The Morgan fingerprint density at radius 3 is 2.60 bits per heavy atom. The summed E-state index contributed by atoms with van der Waals surface area (Å²) in [5, 5.41) is 0. The number of carbonyl (C=O) groups excluding carboxylic acids is 2. The van der Waals surface area contributed by atoms with Gasteiger partial charge in [-0.3, -0.25) is 9.69 Å². The topological polar surface area (TPSA) is 65.6 Å². The Morgan fingerprint density at radius 1 is 1.24 bits per heavy atom. The Hall–Kier alpha value is -1.82. The summed E-state index contributed by atoms with van der Waals surface area (Å²) in [6, 6.07) is 1.09. The summed E-state index contributed by atoms with van der Waals surface area (Å²) >= 11 is 0. The number of aromatic amines is 1. The van der Waals surface area contributed by atoms with E-state index in [4.69, 9.17) is 4.74 Å². The fraction of sp³-hybridized carbons (Fsp3) is 0.684. The Labute approximate surface area is 149 Å². The third kappa shape index (κ3) is 3.32. The Balaban J connectivity index is 1.68. The zero-order valence-corrected chi connectivity index (χ0v) is 15.7. The molecule has 0 bridgehead atoms. The van der Waals surface area contributed by atoms with Gasteiger partial charge in [0.15, 0.2) is 0 Å². The molecule has 2 saturated heterocycles. The first kappa shape index (κ1) is 18.0. The lowest BCUT2D eigenvalue weighted by Gasteiger charge is -2.49. The van der Waals surface area contributed by atoms with Crippen molar-refractivity contribution >= 4 is 11.9 Å². The van der Waals surface area contributed by atoms with Crippen molar-refractivity contribution < 1.29 is 14.3 Å². The van der Waals surface area contributed by atoms with Crippen LogP contribution in [-0.2, 0) is 4.74 Å². The maximum absolute atomic E-state index is 12.9. The van der Waals surface area contributed by atoms with Crippen LogP contribution in [0.2, 0.25) is 0 Å². The highest BCUT2D eigenvalue weighted by atomic mass is 16.5. The van der Waals surface area contributed by atoms with Gasteiger partial charge in [-0.1, -0.05) is 6.42 Å². The van der Waals surface area contributed by atoms with Crippen LogP contribution in [0.25, 0.3) is 0 Å². The third-order valence-corrected chi connectivity index (χ3v) is 5.60. The molecule has 138 valence electrons. The molecule has 1 aromatic heterocycles. The number of hydrogen-bond donors (Lipinski definition) is 1. The van der Waals surface area contributed by atoms with E-state index in [0.29, 0.717) is 35.5 Å². The van der Waals surface area contributed by atoms with Gasteiger partial charge in [-0.25, -0.2) is 4.79 Å². The average Bonchev–Trinajstić information content (AvgIpc) is 2.82. The molecule has 2 aliphatic rings. The molecule has 0 unspecified atom stereocenters. The lowest BCUT2D eigenvalue weighted by molar-refractivity contribution is 0.00206. The van der Waals surface area contributed by atoms with E-state index in [1.54, 1.807) is 6.92 Å². The number of H-pyrrole nitrogens is 1. The van der Waals surface area contributed by atoms with E-state index in [-0.39, 0.29) is 5.91 Å². The zero-order chi connectivity index (χ0) is 18.1. The van der Waals surface area contributed by atoms with E-state index in [2.05, 4.69) is 16.8 Å². The number of rotatable bonds is 4. The second-order valence-corrected chi connectivity index (χ2v) is 7.29. The van der Waals surface area contributed by atoms with Gasteiger partial charge in [-0.05, 0) is 52.6 Å². The van der Waals surface area contributed by atoms with E-state index < -0.39 is 5.97 Å². The molecule has 6 nitrogen and oxygen atoms in total. The molecular formula is C19H29N3O3. The summed E-state index contributed by atoms with van der Waals surface area (Å²) < 4.78 is 5.06. The number of amides is 1. The fourth-order valence-electron chi connectivity index (χ4n) is 4.13. The first-order valence-electron chi connectivity index (χ1n) is 9.35. The van der Waals surface area contributed by atoms with Crippen molar-refractivity contribution in [1.29, 1.82) is 0 Å². The van der Waals surface area contributed by atoms with Crippen LogP contribution in [0, 0.1) is 13.8 Å². The first-order chi connectivity index (χ1) is 11.9. The van der Waals surface area contributed by atoms with Crippen molar-refractivity contribution in [3.05, 3.63) is 22.5 Å². The van der Waals surface area contributed by atoms with Gasteiger partial charge < -0.3 is 14.6 Å². The highest BCUT2D eigenvalue weighted by molar-refractivity contribution is 6.01. The largest absolute Gasteiger partial charge is 0.461 e. The van der Waals surface area contributed by atoms with Crippen LogP contribution in [0.15, 0.2) is 0 Å². The molecule has 1 N–H and O–H groups in total. The Morgan fingerprint density at radius 2 is 1.96 bits per heavy atom. The zero-order valence-electron chi connectivity index (χ0n) is 15.7.